The molecule has 5 nitrogen and oxygen atoms in total. The monoisotopic (exact) mass is 284 g/mol. The number of nitrogens with zero attached hydrogens (tertiary/aromatic N) is 1. The number of rotatable bonds is 4. The molecule has 1 aliphatic rings. The van der Waals surface area contributed by atoms with E-state index in [1.807, 2.05) is 19.2 Å². The zero-order chi connectivity index (χ0) is 13.9. The molecule has 0 radical (unpaired) electrons. The average molecular weight is 284 g/mol. The lowest BCUT2D eigenvalue weighted by Gasteiger charge is -2.29. The van der Waals surface area contributed by atoms with Crippen LogP contribution in [0.1, 0.15) is 18.4 Å². The number of aliphatic hydroxyl groups excluding tert-OH is 1. The molecule has 0 spiro atoms. The minimum absolute atomic E-state index is 0.195. The van der Waals surface area contributed by atoms with E-state index in [0.29, 0.717) is 30.8 Å². The Morgan fingerprint density at radius 3 is 2.63 bits per heavy atom. The van der Waals surface area contributed by atoms with Crippen LogP contribution in [-0.4, -0.2) is 44.1 Å². The van der Waals surface area contributed by atoms with E-state index in [1.54, 1.807) is 12.1 Å². The lowest BCUT2D eigenvalue weighted by molar-refractivity contribution is 0.108. The quantitative estimate of drug-likeness (QED) is 0.847. The number of β-amino-alcohol motifs (C(OH)–C–C–N with tert-alkyl or cyclic N) is 1. The molecule has 1 unspecified atom stereocenters. The summed E-state index contributed by atoms with van der Waals surface area (Å²) >= 11 is 0. The Balaban J connectivity index is 2.18. The highest BCUT2D eigenvalue weighted by atomic mass is 32.2. The van der Waals surface area contributed by atoms with Gasteiger partial charge in [-0.1, -0.05) is 12.1 Å². The van der Waals surface area contributed by atoms with Crippen LogP contribution in [0.25, 0.3) is 0 Å². The zero-order valence-corrected chi connectivity index (χ0v) is 11.9. The second-order valence-electron chi connectivity index (χ2n) is 4.83. The summed E-state index contributed by atoms with van der Waals surface area (Å²) in [5, 5.41) is 12.6. The molecule has 0 bridgehead atoms. The highest BCUT2D eigenvalue weighted by Crippen LogP contribution is 2.21. The predicted molar refractivity (Wildman–Crippen MR) is 73.2 cm³/mol. The summed E-state index contributed by atoms with van der Waals surface area (Å²) in [6.07, 6.45) is 0.831. The molecule has 1 aromatic carbocycles. The molecule has 1 atom stereocenters. The van der Waals surface area contributed by atoms with E-state index in [-0.39, 0.29) is 6.54 Å². The SMILES string of the molecule is CNCc1ccc(S(=O)(=O)N2CCCC(O)C2)cc1. The van der Waals surface area contributed by atoms with Gasteiger partial charge >= 0.3 is 0 Å². The van der Waals surface area contributed by atoms with Gasteiger partial charge in [0.25, 0.3) is 0 Å². The summed E-state index contributed by atoms with van der Waals surface area (Å²) in [6.45, 7) is 1.39. The van der Waals surface area contributed by atoms with Crippen molar-refractivity contribution >= 4 is 10.0 Å². The van der Waals surface area contributed by atoms with Crippen molar-refractivity contribution in [1.82, 2.24) is 9.62 Å². The van der Waals surface area contributed by atoms with Crippen molar-refractivity contribution in [3.8, 4) is 0 Å². The number of hydrogen-bond acceptors (Lipinski definition) is 4. The first kappa shape index (κ1) is 14.5. The highest BCUT2D eigenvalue weighted by Gasteiger charge is 2.29. The van der Waals surface area contributed by atoms with Crippen molar-refractivity contribution in [3.63, 3.8) is 0 Å². The maximum Gasteiger partial charge on any atom is 0.243 e. The highest BCUT2D eigenvalue weighted by molar-refractivity contribution is 7.89. The fourth-order valence-electron chi connectivity index (χ4n) is 2.27. The van der Waals surface area contributed by atoms with Crippen molar-refractivity contribution in [2.45, 2.75) is 30.4 Å². The van der Waals surface area contributed by atoms with E-state index in [0.717, 1.165) is 5.56 Å². The van der Waals surface area contributed by atoms with E-state index in [1.165, 1.54) is 4.31 Å². The molecule has 1 fully saturated rings. The van der Waals surface area contributed by atoms with Gasteiger partial charge in [-0.15, -0.1) is 0 Å². The van der Waals surface area contributed by atoms with Gasteiger partial charge in [0.15, 0.2) is 0 Å². The van der Waals surface area contributed by atoms with E-state index < -0.39 is 16.1 Å². The van der Waals surface area contributed by atoms with Crippen molar-refractivity contribution in [2.75, 3.05) is 20.1 Å². The van der Waals surface area contributed by atoms with Gasteiger partial charge in [0.1, 0.15) is 0 Å². The molecule has 0 amide bonds. The van der Waals surface area contributed by atoms with Crippen molar-refractivity contribution < 1.29 is 13.5 Å². The third-order valence-electron chi connectivity index (χ3n) is 3.30. The largest absolute Gasteiger partial charge is 0.392 e. The zero-order valence-electron chi connectivity index (χ0n) is 11.0. The standard InChI is InChI=1S/C13H20N2O3S/c1-14-9-11-4-6-13(7-5-11)19(17,18)15-8-2-3-12(16)10-15/h4-7,12,14,16H,2-3,8-10H2,1H3. The Morgan fingerprint density at radius 1 is 1.37 bits per heavy atom. The van der Waals surface area contributed by atoms with Crippen molar-refractivity contribution in [1.29, 1.82) is 0 Å². The number of sulfonamides is 1. The van der Waals surface area contributed by atoms with Crippen molar-refractivity contribution in [2.24, 2.45) is 0 Å². The molecular weight excluding hydrogens is 264 g/mol. The van der Waals surface area contributed by atoms with Gasteiger partial charge in [-0.3, -0.25) is 0 Å². The molecule has 0 aromatic heterocycles. The van der Waals surface area contributed by atoms with Crippen LogP contribution < -0.4 is 5.32 Å². The van der Waals surface area contributed by atoms with Crippen LogP contribution in [0.5, 0.6) is 0 Å². The molecule has 1 saturated heterocycles. The number of piperidine rings is 1. The van der Waals surface area contributed by atoms with E-state index in [2.05, 4.69) is 5.32 Å². The van der Waals surface area contributed by atoms with Gasteiger partial charge < -0.3 is 10.4 Å². The first-order valence-electron chi connectivity index (χ1n) is 6.46. The molecule has 2 rings (SSSR count). The van der Waals surface area contributed by atoms with Gasteiger partial charge in [-0.25, -0.2) is 8.42 Å². The van der Waals surface area contributed by atoms with E-state index >= 15 is 0 Å². The molecule has 106 valence electrons. The van der Waals surface area contributed by atoms with Gasteiger partial charge in [0.05, 0.1) is 11.0 Å². The summed E-state index contributed by atoms with van der Waals surface area (Å²) < 4.78 is 26.2. The van der Waals surface area contributed by atoms with Crippen molar-refractivity contribution in [3.05, 3.63) is 29.8 Å². The Hall–Kier alpha value is -0.950. The molecule has 0 saturated carbocycles. The molecule has 1 aliphatic heterocycles. The summed E-state index contributed by atoms with van der Waals surface area (Å²) in [4.78, 5) is 0.293. The minimum Gasteiger partial charge on any atom is -0.392 e. The number of nitrogens with one attached hydrogen (secondary N) is 1. The summed E-state index contributed by atoms with van der Waals surface area (Å²) in [6, 6.07) is 6.87. The summed E-state index contributed by atoms with van der Waals surface area (Å²) in [5.41, 5.74) is 1.04. The lowest BCUT2D eigenvalue weighted by atomic mass is 10.1. The van der Waals surface area contributed by atoms with Crippen LogP contribution in [0.2, 0.25) is 0 Å². The molecule has 6 heteroatoms. The normalized spacial score (nSPS) is 21.5. The Labute approximate surface area is 114 Å². The summed E-state index contributed by atoms with van der Waals surface area (Å²) in [7, 11) is -1.63. The van der Waals surface area contributed by atoms with Crippen LogP contribution in [0.3, 0.4) is 0 Å². The van der Waals surface area contributed by atoms with Crippen LogP contribution in [-0.2, 0) is 16.6 Å². The van der Waals surface area contributed by atoms with Crippen LogP contribution in [0.15, 0.2) is 29.2 Å². The van der Waals surface area contributed by atoms with E-state index in [4.69, 9.17) is 0 Å². The average Bonchev–Trinajstić information content (AvgIpc) is 2.40. The fourth-order valence-corrected chi connectivity index (χ4v) is 3.79. The Kier molecular flexibility index (Phi) is 4.57. The van der Waals surface area contributed by atoms with Gasteiger partial charge in [-0.05, 0) is 37.6 Å². The first-order chi connectivity index (χ1) is 9.04. The van der Waals surface area contributed by atoms with Crippen LogP contribution in [0.4, 0.5) is 0 Å². The molecule has 19 heavy (non-hydrogen) atoms. The number of aliphatic hydroxyl groups is 1. The Bertz CT molecular complexity index is 513. The predicted octanol–water partition coefficient (Wildman–Crippen LogP) is 0.551. The number of hydrogen-bond donors (Lipinski definition) is 2. The molecule has 1 heterocycles. The fraction of sp³-hybridized carbons (Fsp3) is 0.538. The number of benzene rings is 1. The van der Waals surface area contributed by atoms with Crippen LogP contribution in [0, 0.1) is 0 Å². The summed E-state index contributed by atoms with van der Waals surface area (Å²) in [5.74, 6) is 0. The molecule has 0 aliphatic carbocycles. The second-order valence-corrected chi connectivity index (χ2v) is 6.77. The minimum atomic E-state index is -3.47. The van der Waals surface area contributed by atoms with Gasteiger partial charge in [0, 0.05) is 19.6 Å². The van der Waals surface area contributed by atoms with E-state index in [9.17, 15) is 13.5 Å². The molecular formula is C13H20N2O3S. The van der Waals surface area contributed by atoms with Gasteiger partial charge in [0.2, 0.25) is 10.0 Å². The maximum absolute atomic E-state index is 12.4. The smallest absolute Gasteiger partial charge is 0.243 e. The maximum atomic E-state index is 12.4. The third kappa shape index (κ3) is 3.33. The second kappa shape index (κ2) is 6.00. The molecule has 1 aromatic rings. The molecule has 2 N–H and O–H groups in total. The third-order valence-corrected chi connectivity index (χ3v) is 5.18. The van der Waals surface area contributed by atoms with Gasteiger partial charge in [-0.2, -0.15) is 4.31 Å². The van der Waals surface area contributed by atoms with Crippen LogP contribution >= 0.6 is 0 Å². The lowest BCUT2D eigenvalue weighted by Crippen LogP contribution is -2.42. The Morgan fingerprint density at radius 2 is 2.05 bits per heavy atom. The topological polar surface area (TPSA) is 69.6 Å². The first-order valence-corrected chi connectivity index (χ1v) is 7.90.